The van der Waals surface area contributed by atoms with E-state index in [1.807, 2.05) is 0 Å². The zero-order valence-corrected chi connectivity index (χ0v) is 12.8. The maximum atomic E-state index is 5.51. The van der Waals surface area contributed by atoms with E-state index in [0.717, 1.165) is 39.7 Å². The monoisotopic (exact) mass is 301 g/mol. The van der Waals surface area contributed by atoms with Crippen molar-refractivity contribution in [2.24, 2.45) is 29.5 Å². The predicted molar refractivity (Wildman–Crippen MR) is 85.2 cm³/mol. The molecular weight excluding hydrogens is 282 g/mol. The van der Waals surface area contributed by atoms with Crippen molar-refractivity contribution in [1.29, 1.82) is 0 Å². The highest BCUT2D eigenvalue weighted by Crippen LogP contribution is 2.66. The van der Waals surface area contributed by atoms with E-state index < -0.39 is 0 Å². The lowest BCUT2D eigenvalue weighted by atomic mass is 10.0. The first-order valence-electron chi connectivity index (χ1n) is 7.76. The predicted octanol–water partition coefficient (Wildman–Crippen LogP) is 2.74. The second-order valence-corrected chi connectivity index (χ2v) is 8.01. The summed E-state index contributed by atoms with van der Waals surface area (Å²) in [5, 5.41) is 4.84. The lowest BCUT2D eigenvalue weighted by Gasteiger charge is -2.12. The maximum Gasteiger partial charge on any atom is 0.240 e. The van der Waals surface area contributed by atoms with Gasteiger partial charge in [-0.25, -0.2) is 10.8 Å². The average molecular weight is 301 g/mol. The van der Waals surface area contributed by atoms with Gasteiger partial charge in [0.1, 0.15) is 10.6 Å². The van der Waals surface area contributed by atoms with Crippen molar-refractivity contribution >= 4 is 33.3 Å². The lowest BCUT2D eigenvalue weighted by molar-refractivity contribution is 0.456. The van der Waals surface area contributed by atoms with Gasteiger partial charge in [-0.05, 0) is 55.9 Å². The minimum absolute atomic E-state index is 0.501. The molecule has 5 rings (SSSR count). The van der Waals surface area contributed by atoms with Crippen LogP contribution < -0.4 is 16.6 Å². The zero-order chi connectivity index (χ0) is 14.1. The molecule has 0 aromatic carbocycles. The number of nitrogen functional groups attached to an aromatic ring is 1. The van der Waals surface area contributed by atoms with Gasteiger partial charge in [-0.15, -0.1) is 11.3 Å². The molecule has 3 aliphatic carbocycles. The molecule has 6 heteroatoms. The van der Waals surface area contributed by atoms with Gasteiger partial charge in [-0.2, -0.15) is 4.98 Å². The van der Waals surface area contributed by atoms with Crippen LogP contribution in [-0.4, -0.2) is 16.0 Å². The molecule has 4 atom stereocenters. The fourth-order valence-electron chi connectivity index (χ4n) is 4.89. The Labute approximate surface area is 127 Å². The summed E-state index contributed by atoms with van der Waals surface area (Å²) in [6.45, 7) is 2.11. The molecule has 0 radical (unpaired) electrons. The van der Waals surface area contributed by atoms with E-state index in [1.165, 1.54) is 24.1 Å². The number of nitrogens with zero attached hydrogens (tertiary/aromatic N) is 2. The number of nitrogens with one attached hydrogen (secondary N) is 2. The van der Waals surface area contributed by atoms with Gasteiger partial charge in [0.25, 0.3) is 0 Å². The molecule has 0 spiro atoms. The maximum absolute atomic E-state index is 5.51. The number of aryl methyl sites for hydroxylation is 1. The van der Waals surface area contributed by atoms with Crippen LogP contribution in [0.3, 0.4) is 0 Å². The summed E-state index contributed by atoms with van der Waals surface area (Å²) in [5.74, 6) is 10.7. The van der Waals surface area contributed by atoms with Gasteiger partial charge in [-0.3, -0.25) is 5.43 Å². The number of anilines is 2. The second-order valence-electron chi connectivity index (χ2n) is 6.77. The number of thiophene rings is 1. The summed E-state index contributed by atoms with van der Waals surface area (Å²) >= 11 is 1.69. The van der Waals surface area contributed by atoms with Crippen molar-refractivity contribution < 1.29 is 0 Å². The molecule has 3 fully saturated rings. The summed E-state index contributed by atoms with van der Waals surface area (Å²) in [6.07, 6.45) is 4.35. The molecule has 2 bridgehead atoms. The van der Waals surface area contributed by atoms with E-state index in [9.17, 15) is 0 Å². The Morgan fingerprint density at radius 2 is 2.00 bits per heavy atom. The van der Waals surface area contributed by atoms with Crippen molar-refractivity contribution in [3.05, 3.63) is 10.9 Å². The number of hydrazine groups is 1. The zero-order valence-electron chi connectivity index (χ0n) is 12.0. The van der Waals surface area contributed by atoms with Crippen LogP contribution in [0.5, 0.6) is 0 Å². The highest BCUT2D eigenvalue weighted by Gasteiger charge is 2.65. The van der Waals surface area contributed by atoms with Gasteiger partial charge < -0.3 is 5.32 Å². The molecule has 5 nitrogen and oxygen atoms in total. The molecule has 0 aliphatic heterocycles. The Kier molecular flexibility index (Phi) is 2.36. The Balaban J connectivity index is 1.50. The molecular formula is C15H19N5S. The number of hydrogen-bond acceptors (Lipinski definition) is 6. The molecule has 3 saturated carbocycles. The molecule has 4 unspecified atom stereocenters. The van der Waals surface area contributed by atoms with Gasteiger partial charge in [0.05, 0.1) is 5.39 Å². The van der Waals surface area contributed by atoms with Crippen molar-refractivity contribution in [2.75, 3.05) is 10.7 Å². The fourth-order valence-corrected chi connectivity index (χ4v) is 5.77. The second kappa shape index (κ2) is 4.08. The van der Waals surface area contributed by atoms with E-state index >= 15 is 0 Å². The number of nitrogens with two attached hydrogens (primary N) is 1. The van der Waals surface area contributed by atoms with Crippen molar-refractivity contribution in [3.63, 3.8) is 0 Å². The first kappa shape index (κ1) is 12.2. The van der Waals surface area contributed by atoms with E-state index in [1.54, 1.807) is 11.3 Å². The molecule has 3 aliphatic rings. The number of hydrogen-bond donors (Lipinski definition) is 3. The molecule has 110 valence electrons. The highest BCUT2D eigenvalue weighted by molar-refractivity contribution is 7.18. The highest BCUT2D eigenvalue weighted by atomic mass is 32.1. The van der Waals surface area contributed by atoms with E-state index in [0.29, 0.717) is 12.0 Å². The van der Waals surface area contributed by atoms with E-state index in [-0.39, 0.29) is 0 Å². The van der Waals surface area contributed by atoms with Gasteiger partial charge >= 0.3 is 0 Å². The van der Waals surface area contributed by atoms with Gasteiger partial charge in [-0.1, -0.05) is 0 Å². The average Bonchev–Trinajstić information content (AvgIpc) is 2.85. The van der Waals surface area contributed by atoms with Crippen LogP contribution in [0, 0.1) is 30.6 Å². The third kappa shape index (κ3) is 1.66. The van der Waals surface area contributed by atoms with Crippen LogP contribution in [0.25, 0.3) is 10.2 Å². The summed E-state index contributed by atoms with van der Waals surface area (Å²) in [7, 11) is 0. The van der Waals surface area contributed by atoms with Crippen LogP contribution in [-0.2, 0) is 0 Å². The van der Waals surface area contributed by atoms with Crippen LogP contribution >= 0.6 is 11.3 Å². The Morgan fingerprint density at radius 1 is 1.24 bits per heavy atom. The van der Waals surface area contributed by atoms with E-state index in [2.05, 4.69) is 33.7 Å². The first-order chi connectivity index (χ1) is 10.2. The number of fused-ring (bicyclic) bond motifs is 6. The molecule has 2 heterocycles. The fraction of sp³-hybridized carbons (Fsp3) is 0.600. The normalized spacial score (nSPS) is 36.0. The molecule has 0 amide bonds. The van der Waals surface area contributed by atoms with Gasteiger partial charge in [0.15, 0.2) is 0 Å². The van der Waals surface area contributed by atoms with Crippen molar-refractivity contribution in [3.8, 4) is 0 Å². The standard InChI is InChI=1S/C15H19N5S/c1-6-4-9-13(18-15(20-16)19-14(9)21-6)17-12-10-7-2-3-8(5-7)11(10)12/h4,7-8,10-12H,2-3,5,16H2,1H3,(H2,17,18,19,20). The number of aromatic nitrogens is 2. The summed E-state index contributed by atoms with van der Waals surface area (Å²) in [4.78, 5) is 11.3. The van der Waals surface area contributed by atoms with E-state index in [4.69, 9.17) is 5.84 Å². The number of rotatable bonds is 3. The largest absolute Gasteiger partial charge is 0.366 e. The Hall–Kier alpha value is -1.40. The van der Waals surface area contributed by atoms with Crippen LogP contribution in [0.4, 0.5) is 11.8 Å². The third-order valence-corrected chi connectivity index (χ3v) is 6.63. The lowest BCUT2D eigenvalue weighted by Crippen LogP contribution is -2.16. The van der Waals surface area contributed by atoms with Crippen molar-refractivity contribution in [2.45, 2.75) is 32.2 Å². The molecule has 0 saturated heterocycles. The molecule has 21 heavy (non-hydrogen) atoms. The SMILES string of the molecule is Cc1cc2c(NC3C4C5CCC(C5)C34)nc(NN)nc2s1. The summed E-state index contributed by atoms with van der Waals surface area (Å²) < 4.78 is 0. The molecule has 2 aromatic heterocycles. The van der Waals surface area contributed by atoms with Crippen LogP contribution in [0.1, 0.15) is 24.1 Å². The smallest absolute Gasteiger partial charge is 0.240 e. The molecule has 4 N–H and O–H groups in total. The first-order valence-corrected chi connectivity index (χ1v) is 8.57. The Morgan fingerprint density at radius 3 is 2.71 bits per heavy atom. The molecule has 2 aromatic rings. The minimum Gasteiger partial charge on any atom is -0.366 e. The topological polar surface area (TPSA) is 75.9 Å². The Bertz CT molecular complexity index is 710. The van der Waals surface area contributed by atoms with Gasteiger partial charge in [0, 0.05) is 10.9 Å². The van der Waals surface area contributed by atoms with Gasteiger partial charge in [0.2, 0.25) is 5.95 Å². The van der Waals surface area contributed by atoms with Crippen LogP contribution in [0.2, 0.25) is 0 Å². The summed E-state index contributed by atoms with van der Waals surface area (Å²) in [5.41, 5.74) is 2.59. The minimum atomic E-state index is 0.501. The quantitative estimate of drug-likeness (QED) is 0.600. The van der Waals surface area contributed by atoms with Crippen LogP contribution in [0.15, 0.2) is 6.07 Å². The third-order valence-electron chi connectivity index (χ3n) is 5.68. The summed E-state index contributed by atoms with van der Waals surface area (Å²) in [6, 6.07) is 2.80. The van der Waals surface area contributed by atoms with Crippen molar-refractivity contribution in [1.82, 2.24) is 9.97 Å².